The molecule has 2 aromatic rings. The van der Waals surface area contributed by atoms with Crippen molar-refractivity contribution < 1.29 is 27.2 Å². The zero-order valence-corrected chi connectivity index (χ0v) is 21.6. The number of carbonyl (C=O) groups excluding carboxylic acids is 2. The first-order chi connectivity index (χ1) is 18.6. The average molecular weight is 550 g/mol. The number of hydrogen-bond acceptors (Lipinski definition) is 5. The number of halogens is 4. The number of ketones is 1. The molecule has 11 heteroatoms. The quantitative estimate of drug-likeness (QED) is 0.300. The molecule has 1 heterocycles. The molecule has 1 saturated carbocycles. The molecule has 2 aliphatic rings. The number of nitrogens with one attached hydrogen (secondary N) is 3. The van der Waals surface area contributed by atoms with Crippen molar-refractivity contribution in [1.29, 1.82) is 0 Å². The lowest BCUT2D eigenvalue weighted by molar-refractivity contribution is -0.202. The monoisotopic (exact) mass is 549 g/mol. The van der Waals surface area contributed by atoms with Crippen LogP contribution < -0.4 is 21.7 Å². The van der Waals surface area contributed by atoms with E-state index in [2.05, 4.69) is 16.0 Å². The second kappa shape index (κ2) is 12.9. The van der Waals surface area contributed by atoms with Gasteiger partial charge in [0, 0.05) is 22.9 Å². The van der Waals surface area contributed by atoms with Crippen LogP contribution in [0.25, 0.3) is 0 Å². The fraction of sp³-hybridized carbons (Fsp3) is 0.500. The molecule has 5 N–H and O–H groups in total. The molecule has 0 aromatic heterocycles. The van der Waals surface area contributed by atoms with Gasteiger partial charge in [-0.1, -0.05) is 68.9 Å². The van der Waals surface area contributed by atoms with E-state index in [0.29, 0.717) is 29.7 Å². The van der Waals surface area contributed by atoms with Crippen LogP contribution in [0.3, 0.4) is 0 Å². The third-order valence-electron chi connectivity index (χ3n) is 7.43. The minimum absolute atomic E-state index is 0.184. The zero-order chi connectivity index (χ0) is 28.0. The summed E-state index contributed by atoms with van der Waals surface area (Å²) in [6.45, 7) is 0. The summed E-state index contributed by atoms with van der Waals surface area (Å²) in [5.41, 5.74) is 7.36. The van der Waals surface area contributed by atoms with Crippen molar-refractivity contribution >= 4 is 17.5 Å². The van der Waals surface area contributed by atoms with Gasteiger partial charge < -0.3 is 16.4 Å². The Labute approximate surface area is 225 Å². The van der Waals surface area contributed by atoms with Gasteiger partial charge in [-0.2, -0.15) is 13.2 Å². The molecule has 7 nitrogen and oxygen atoms in total. The Balaban J connectivity index is 1.48. The van der Waals surface area contributed by atoms with Crippen molar-refractivity contribution in [2.24, 2.45) is 5.73 Å². The number of benzene rings is 2. The van der Waals surface area contributed by atoms with Gasteiger partial charge in [0.05, 0.1) is 6.17 Å². The summed E-state index contributed by atoms with van der Waals surface area (Å²) in [6, 6.07) is 11.3. The van der Waals surface area contributed by atoms with Crippen LogP contribution in [-0.2, 0) is 0 Å². The normalized spacial score (nSPS) is 25.7. The SMILES string of the molecule is NC1C(F)C(C(F)(F)F)NC(NC(=O)Nc2ccc(C(=O)c3ccccc3)cc2)N1C1CCCCCCCC1. The van der Waals surface area contributed by atoms with Crippen LogP contribution in [0, 0.1) is 0 Å². The second-order valence-corrected chi connectivity index (χ2v) is 10.2. The number of nitrogens with zero attached hydrogens (tertiary/aromatic N) is 1. The highest BCUT2D eigenvalue weighted by Gasteiger charge is 2.55. The number of anilines is 1. The van der Waals surface area contributed by atoms with E-state index in [1.54, 1.807) is 42.5 Å². The van der Waals surface area contributed by atoms with Crippen LogP contribution >= 0.6 is 0 Å². The first kappa shape index (κ1) is 29.0. The van der Waals surface area contributed by atoms with Gasteiger partial charge in [-0.05, 0) is 37.1 Å². The van der Waals surface area contributed by atoms with E-state index in [1.807, 2.05) is 0 Å². The molecule has 4 atom stereocenters. The molecule has 1 aliphatic heterocycles. The Hall–Kier alpha value is -3.02. The molecule has 1 saturated heterocycles. The topological polar surface area (TPSA) is 99.5 Å². The van der Waals surface area contributed by atoms with Crippen LogP contribution in [0.15, 0.2) is 54.6 Å². The van der Waals surface area contributed by atoms with E-state index < -0.39 is 36.9 Å². The van der Waals surface area contributed by atoms with E-state index in [1.165, 1.54) is 17.0 Å². The number of amides is 2. The molecule has 212 valence electrons. The maximum atomic E-state index is 15.0. The van der Waals surface area contributed by atoms with Crippen LogP contribution in [0.5, 0.6) is 0 Å². The zero-order valence-electron chi connectivity index (χ0n) is 21.6. The number of alkyl halides is 4. The summed E-state index contributed by atoms with van der Waals surface area (Å²) in [5.74, 6) is -0.184. The van der Waals surface area contributed by atoms with Gasteiger partial charge in [-0.3, -0.25) is 10.1 Å². The van der Waals surface area contributed by atoms with Crippen molar-refractivity contribution in [3.63, 3.8) is 0 Å². The van der Waals surface area contributed by atoms with Gasteiger partial charge in [-0.15, -0.1) is 0 Å². The van der Waals surface area contributed by atoms with Gasteiger partial charge in [0.25, 0.3) is 0 Å². The van der Waals surface area contributed by atoms with Crippen molar-refractivity contribution in [3.8, 4) is 0 Å². The molecule has 2 fully saturated rings. The van der Waals surface area contributed by atoms with Crippen molar-refractivity contribution in [1.82, 2.24) is 15.5 Å². The van der Waals surface area contributed by atoms with Gasteiger partial charge in [0.15, 0.2) is 12.0 Å². The molecule has 0 radical (unpaired) electrons. The van der Waals surface area contributed by atoms with E-state index in [9.17, 15) is 27.2 Å². The first-order valence-electron chi connectivity index (χ1n) is 13.4. The molecular weight excluding hydrogens is 514 g/mol. The van der Waals surface area contributed by atoms with Crippen LogP contribution in [0.4, 0.5) is 28.0 Å². The lowest BCUT2D eigenvalue weighted by Crippen LogP contribution is -2.77. The first-order valence-corrected chi connectivity index (χ1v) is 13.4. The summed E-state index contributed by atoms with van der Waals surface area (Å²) >= 11 is 0. The second-order valence-electron chi connectivity index (χ2n) is 10.2. The lowest BCUT2D eigenvalue weighted by Gasteiger charge is -2.50. The standard InChI is InChI=1S/C28H35F4N5O2/c29-22-24(28(30,31)32)35-26(37(25(22)33)21-12-8-3-1-2-4-9-13-21)36-27(39)34-20-16-14-19(15-17-20)23(38)18-10-6-5-7-11-18/h5-7,10-11,14-17,21-22,24-26,35H,1-4,8-9,12-13,33H2,(H2,34,36,39). The minimum atomic E-state index is -4.89. The third kappa shape index (κ3) is 7.34. The summed E-state index contributed by atoms with van der Waals surface area (Å²) in [7, 11) is 0. The molecular formula is C28H35F4N5O2. The minimum Gasteiger partial charge on any atom is -0.313 e. The molecule has 2 aromatic carbocycles. The lowest BCUT2D eigenvalue weighted by atomic mass is 9.98. The number of carbonyl (C=O) groups is 2. The average Bonchev–Trinajstić information content (AvgIpc) is 3.05. The van der Waals surface area contributed by atoms with Gasteiger partial charge in [-0.25, -0.2) is 14.1 Å². The van der Waals surface area contributed by atoms with E-state index in [-0.39, 0.29) is 11.8 Å². The third-order valence-corrected chi connectivity index (χ3v) is 7.43. The summed E-state index contributed by atoms with van der Waals surface area (Å²) < 4.78 is 56.0. The highest BCUT2D eigenvalue weighted by Crippen LogP contribution is 2.33. The highest BCUT2D eigenvalue weighted by molar-refractivity contribution is 6.09. The number of nitrogens with two attached hydrogens (primary N) is 1. The van der Waals surface area contributed by atoms with Gasteiger partial charge in [0.2, 0.25) is 0 Å². The predicted molar refractivity (Wildman–Crippen MR) is 141 cm³/mol. The Morgan fingerprint density at radius 3 is 2.03 bits per heavy atom. The fourth-order valence-electron chi connectivity index (χ4n) is 5.39. The molecule has 4 rings (SSSR count). The predicted octanol–water partition coefficient (Wildman–Crippen LogP) is 5.28. The molecule has 39 heavy (non-hydrogen) atoms. The molecule has 4 unspecified atom stereocenters. The van der Waals surface area contributed by atoms with E-state index >= 15 is 0 Å². The Morgan fingerprint density at radius 1 is 0.872 bits per heavy atom. The highest BCUT2D eigenvalue weighted by atomic mass is 19.4. The van der Waals surface area contributed by atoms with Gasteiger partial charge >= 0.3 is 12.2 Å². The molecule has 2 amide bonds. The number of hydrogen-bond donors (Lipinski definition) is 4. The molecule has 1 aliphatic carbocycles. The Bertz CT molecular complexity index is 1090. The Kier molecular flexibility index (Phi) is 9.58. The van der Waals surface area contributed by atoms with Crippen LogP contribution in [0.1, 0.15) is 67.3 Å². The molecule has 0 bridgehead atoms. The van der Waals surface area contributed by atoms with Gasteiger partial charge in [0.1, 0.15) is 12.3 Å². The van der Waals surface area contributed by atoms with Crippen molar-refractivity contribution in [2.75, 3.05) is 5.32 Å². The Morgan fingerprint density at radius 2 is 1.44 bits per heavy atom. The fourth-order valence-corrected chi connectivity index (χ4v) is 5.39. The number of urea groups is 1. The summed E-state index contributed by atoms with van der Waals surface area (Å²) in [6.07, 6.45) is -3.03. The van der Waals surface area contributed by atoms with Crippen LogP contribution in [-0.4, -0.2) is 53.6 Å². The van der Waals surface area contributed by atoms with Crippen LogP contribution in [0.2, 0.25) is 0 Å². The number of rotatable bonds is 5. The van der Waals surface area contributed by atoms with Crippen molar-refractivity contribution in [2.45, 2.75) is 88.3 Å². The maximum Gasteiger partial charge on any atom is 0.406 e. The summed E-state index contributed by atoms with van der Waals surface area (Å²) in [5, 5.41) is 7.38. The van der Waals surface area contributed by atoms with E-state index in [0.717, 1.165) is 38.5 Å². The maximum absolute atomic E-state index is 15.0. The molecule has 0 spiro atoms. The smallest absolute Gasteiger partial charge is 0.313 e. The van der Waals surface area contributed by atoms with Crippen molar-refractivity contribution in [3.05, 3.63) is 65.7 Å². The van der Waals surface area contributed by atoms with E-state index in [4.69, 9.17) is 5.73 Å². The summed E-state index contributed by atoms with van der Waals surface area (Å²) in [4.78, 5) is 27.0. The largest absolute Gasteiger partial charge is 0.406 e.